The van der Waals surface area contributed by atoms with Gasteiger partial charge in [0.25, 0.3) is 5.56 Å². The predicted molar refractivity (Wildman–Crippen MR) is 118 cm³/mol. The van der Waals surface area contributed by atoms with Crippen LogP contribution in [0.3, 0.4) is 0 Å². The van der Waals surface area contributed by atoms with Gasteiger partial charge < -0.3 is 29.3 Å². The van der Waals surface area contributed by atoms with Crippen molar-refractivity contribution in [2.24, 2.45) is 7.05 Å². The Morgan fingerprint density at radius 2 is 1.94 bits per heavy atom. The van der Waals surface area contributed by atoms with Crippen molar-refractivity contribution in [1.82, 2.24) is 19.1 Å². The second-order valence-corrected chi connectivity index (χ2v) is 8.00. The molecule has 32 heavy (non-hydrogen) atoms. The van der Waals surface area contributed by atoms with Crippen LogP contribution in [0.25, 0.3) is 11.2 Å². The Bertz CT molecular complexity index is 1160. The van der Waals surface area contributed by atoms with E-state index in [1.807, 2.05) is 18.2 Å². The number of imidazole rings is 1. The van der Waals surface area contributed by atoms with Gasteiger partial charge in [-0.3, -0.25) is 14.3 Å². The van der Waals surface area contributed by atoms with Crippen LogP contribution in [-0.2, 0) is 13.6 Å². The number of quaternary nitrogens is 1. The highest BCUT2D eigenvalue weighted by Crippen LogP contribution is 2.20. The summed E-state index contributed by atoms with van der Waals surface area (Å²) in [5.74, 6) is 1.18. The number of hydrogen-bond acceptors (Lipinski definition) is 7. The lowest BCUT2D eigenvalue weighted by molar-refractivity contribution is -0.900. The normalized spacial score (nSPS) is 15.9. The highest BCUT2D eigenvalue weighted by atomic mass is 16.5. The van der Waals surface area contributed by atoms with Gasteiger partial charge in [0.15, 0.2) is 11.2 Å². The monoisotopic (exact) mass is 445 g/mol. The third-order valence-corrected chi connectivity index (χ3v) is 5.78. The van der Waals surface area contributed by atoms with Gasteiger partial charge in [0, 0.05) is 7.05 Å². The summed E-state index contributed by atoms with van der Waals surface area (Å²) in [6.45, 7) is 3.96. The first-order chi connectivity index (χ1) is 15.5. The lowest BCUT2D eigenvalue weighted by Gasteiger charge is -2.33. The summed E-state index contributed by atoms with van der Waals surface area (Å²) in [5.41, 5.74) is -0.563. The van der Waals surface area contributed by atoms with E-state index in [1.165, 1.54) is 9.47 Å². The number of para-hydroxylation sites is 1. The molecule has 11 heteroatoms. The van der Waals surface area contributed by atoms with E-state index in [1.54, 1.807) is 23.7 Å². The molecular formula is C21H29N6O5+. The smallest absolute Gasteiger partial charge is 0.329 e. The van der Waals surface area contributed by atoms with E-state index in [2.05, 4.69) is 14.9 Å². The lowest BCUT2D eigenvalue weighted by atomic mass is 10.3. The van der Waals surface area contributed by atoms with Gasteiger partial charge in [0.05, 0.1) is 39.3 Å². The van der Waals surface area contributed by atoms with Crippen LogP contribution in [0.5, 0.6) is 5.75 Å². The molecule has 1 fully saturated rings. The molecule has 3 aromatic rings. The molecular weight excluding hydrogens is 416 g/mol. The molecule has 4 rings (SSSR count). The molecule has 0 spiro atoms. The Hall–Kier alpha value is -3.15. The maximum atomic E-state index is 12.7. The van der Waals surface area contributed by atoms with E-state index < -0.39 is 17.4 Å². The van der Waals surface area contributed by atoms with E-state index in [0.29, 0.717) is 31.3 Å². The van der Waals surface area contributed by atoms with E-state index in [0.717, 1.165) is 13.1 Å². The highest BCUT2D eigenvalue weighted by Gasteiger charge is 2.27. The molecule has 1 aliphatic rings. The van der Waals surface area contributed by atoms with Crippen LogP contribution in [-0.4, -0.2) is 81.4 Å². The van der Waals surface area contributed by atoms with E-state index in [-0.39, 0.29) is 30.9 Å². The van der Waals surface area contributed by atoms with Gasteiger partial charge in [-0.2, -0.15) is 4.98 Å². The molecule has 0 amide bonds. The number of ether oxygens (including phenoxy) is 1. The third-order valence-electron chi connectivity index (χ3n) is 5.78. The Kier molecular flexibility index (Phi) is 6.58. The molecule has 1 aliphatic heterocycles. The minimum Gasteiger partial charge on any atom is -0.491 e. The van der Waals surface area contributed by atoms with Gasteiger partial charge in [-0.15, -0.1) is 0 Å². The Morgan fingerprint density at radius 1 is 1.22 bits per heavy atom. The average Bonchev–Trinajstić information content (AvgIpc) is 3.17. The van der Waals surface area contributed by atoms with Gasteiger partial charge in [0.1, 0.15) is 25.0 Å². The molecule has 1 atom stereocenters. The largest absolute Gasteiger partial charge is 0.491 e. The maximum absolute atomic E-state index is 12.7. The number of benzene rings is 1. The van der Waals surface area contributed by atoms with Crippen LogP contribution in [0.2, 0.25) is 0 Å². The molecule has 2 aromatic heterocycles. The van der Waals surface area contributed by atoms with Gasteiger partial charge in [-0.25, -0.2) is 4.79 Å². The summed E-state index contributed by atoms with van der Waals surface area (Å²) in [4.78, 5) is 35.1. The second-order valence-electron chi connectivity index (χ2n) is 8.00. The van der Waals surface area contributed by atoms with Crippen molar-refractivity contribution in [1.29, 1.82) is 0 Å². The summed E-state index contributed by atoms with van der Waals surface area (Å²) < 4.78 is 8.64. The molecule has 0 bridgehead atoms. The van der Waals surface area contributed by atoms with Gasteiger partial charge >= 0.3 is 5.69 Å². The molecule has 11 nitrogen and oxygen atoms in total. The molecule has 0 radical (unpaired) electrons. The molecule has 3 heterocycles. The number of aryl methyl sites for hydroxylation is 1. The number of nitrogens with one attached hydrogen (secondary N) is 2. The molecule has 0 saturated carbocycles. The van der Waals surface area contributed by atoms with E-state index >= 15 is 0 Å². The van der Waals surface area contributed by atoms with Crippen LogP contribution in [0.15, 0.2) is 39.9 Å². The zero-order chi connectivity index (χ0) is 22.7. The molecule has 0 aliphatic carbocycles. The molecule has 172 valence electrons. The van der Waals surface area contributed by atoms with Crippen molar-refractivity contribution in [2.45, 2.75) is 12.6 Å². The fraction of sp³-hybridized carbons (Fsp3) is 0.476. The topological polar surface area (TPSA) is 130 Å². The summed E-state index contributed by atoms with van der Waals surface area (Å²) in [7, 11) is 1.56. The van der Waals surface area contributed by atoms with Gasteiger partial charge in [-0.05, 0) is 12.1 Å². The minimum atomic E-state index is -0.899. The van der Waals surface area contributed by atoms with Crippen LogP contribution in [0.4, 0.5) is 5.95 Å². The van der Waals surface area contributed by atoms with Gasteiger partial charge in [-0.1, -0.05) is 18.2 Å². The average molecular weight is 446 g/mol. The second kappa shape index (κ2) is 9.55. The van der Waals surface area contributed by atoms with Gasteiger partial charge in [0.2, 0.25) is 5.95 Å². The Morgan fingerprint density at radius 3 is 2.62 bits per heavy atom. The van der Waals surface area contributed by atoms with Crippen molar-refractivity contribution >= 4 is 17.1 Å². The Balaban J connectivity index is 1.63. The first kappa shape index (κ1) is 22.1. The maximum Gasteiger partial charge on any atom is 0.329 e. The third kappa shape index (κ3) is 4.54. The highest BCUT2D eigenvalue weighted by molar-refractivity contribution is 5.74. The Labute approximate surface area is 184 Å². The van der Waals surface area contributed by atoms with Crippen molar-refractivity contribution in [3.05, 3.63) is 51.2 Å². The summed E-state index contributed by atoms with van der Waals surface area (Å²) in [6.07, 6.45) is -0.899. The summed E-state index contributed by atoms with van der Waals surface area (Å²) in [6, 6.07) is 9.19. The lowest BCUT2D eigenvalue weighted by Crippen LogP contribution is -3.15. The minimum absolute atomic E-state index is 0.0429. The molecule has 1 saturated heterocycles. The number of aliphatic hydroxyl groups is 2. The first-order valence-corrected chi connectivity index (χ1v) is 10.7. The quantitative estimate of drug-likeness (QED) is 0.303. The fourth-order valence-corrected chi connectivity index (χ4v) is 4.04. The number of H-pyrrole nitrogens is 1. The van der Waals surface area contributed by atoms with E-state index in [4.69, 9.17) is 4.74 Å². The van der Waals surface area contributed by atoms with Crippen molar-refractivity contribution < 1.29 is 19.8 Å². The number of aromatic nitrogens is 4. The van der Waals surface area contributed by atoms with E-state index in [9.17, 15) is 19.8 Å². The van der Waals surface area contributed by atoms with Crippen LogP contribution in [0.1, 0.15) is 0 Å². The number of anilines is 1. The number of aliphatic hydroxyl groups excluding tert-OH is 2. The van der Waals surface area contributed by atoms with Crippen LogP contribution >= 0.6 is 0 Å². The predicted octanol–water partition coefficient (Wildman–Crippen LogP) is -2.44. The fourth-order valence-electron chi connectivity index (χ4n) is 4.04. The van der Waals surface area contributed by atoms with Crippen molar-refractivity contribution in [2.75, 3.05) is 50.8 Å². The number of rotatable bonds is 8. The molecule has 1 aromatic carbocycles. The number of hydrogen-bond donors (Lipinski definition) is 4. The van der Waals surface area contributed by atoms with Crippen molar-refractivity contribution in [3.8, 4) is 5.75 Å². The number of piperazine rings is 1. The number of aromatic amines is 1. The molecule has 4 N–H and O–H groups in total. The number of nitrogens with zero attached hydrogens (tertiary/aromatic N) is 4. The first-order valence-electron chi connectivity index (χ1n) is 10.7. The number of fused-ring (bicyclic) bond motifs is 1. The van der Waals surface area contributed by atoms with Crippen LogP contribution in [0, 0.1) is 0 Å². The SMILES string of the molecule is Cn1c(=O)[nH]c(=O)c2c1nc(N1CC[NH+](CCO)CC1)n2C[C@@H](O)COc1ccccc1. The summed E-state index contributed by atoms with van der Waals surface area (Å²) in [5, 5.41) is 19.9. The standard InChI is InChI=1S/C21H28N6O5/c1-24-18-17(19(30)23-21(24)31)27(13-15(29)14-32-16-5-3-2-4-6-16)20(22-18)26-9-7-25(8-10-26)11-12-28/h2-6,15,28-29H,7-14H2,1H3,(H,23,30,31)/p+1/t15-/m1/s1. The van der Waals surface area contributed by atoms with Crippen LogP contribution < -0.4 is 25.8 Å². The zero-order valence-electron chi connectivity index (χ0n) is 18.0. The zero-order valence-corrected chi connectivity index (χ0v) is 18.0. The summed E-state index contributed by atoms with van der Waals surface area (Å²) >= 11 is 0. The van der Waals surface area contributed by atoms with Crippen molar-refractivity contribution in [3.63, 3.8) is 0 Å². The molecule has 0 unspecified atom stereocenters.